The van der Waals surface area contributed by atoms with Gasteiger partial charge in [0.1, 0.15) is 0 Å². The molecule has 1 saturated carbocycles. The molecule has 2 rings (SSSR count). The minimum absolute atomic E-state index is 0.0539. The first kappa shape index (κ1) is 16.9. The number of aldehydes is 1. The normalized spacial score (nSPS) is 27.4. The van der Waals surface area contributed by atoms with Crippen LogP contribution in [0.15, 0.2) is 30.3 Å². The Labute approximate surface area is 140 Å². The van der Waals surface area contributed by atoms with Crippen LogP contribution in [0, 0.1) is 11.8 Å². The number of esters is 1. The van der Waals surface area contributed by atoms with E-state index < -0.39 is 33.7 Å². The minimum atomic E-state index is -0.801. The number of halogens is 1. The van der Waals surface area contributed by atoms with Gasteiger partial charge >= 0.3 is 140 Å². The fourth-order valence-electron chi connectivity index (χ4n) is 2.53. The van der Waals surface area contributed by atoms with Crippen LogP contribution in [0.25, 0.3) is 0 Å². The summed E-state index contributed by atoms with van der Waals surface area (Å²) in [6.45, 7) is 3.33. The molecule has 5 nitrogen and oxygen atoms in total. The zero-order chi connectivity index (χ0) is 16.1. The van der Waals surface area contributed by atoms with Crippen LogP contribution in [0.1, 0.15) is 30.6 Å². The quantitative estimate of drug-likeness (QED) is 0.266. The fraction of sp³-hybridized carbons (Fsp3) is 0.438. The van der Waals surface area contributed by atoms with Gasteiger partial charge < -0.3 is 0 Å². The van der Waals surface area contributed by atoms with Crippen LogP contribution in [0.2, 0.25) is 0 Å². The van der Waals surface area contributed by atoms with Gasteiger partial charge in [-0.25, -0.2) is 0 Å². The Morgan fingerprint density at radius 2 is 1.95 bits per heavy atom. The van der Waals surface area contributed by atoms with Crippen molar-refractivity contribution in [3.8, 4) is 0 Å². The number of carbonyl (C=O) groups excluding carboxylic acids is 3. The van der Waals surface area contributed by atoms with E-state index in [1.54, 1.807) is 24.3 Å². The molecule has 3 unspecified atom stereocenters. The number of alkyl halides is 1. The van der Waals surface area contributed by atoms with Gasteiger partial charge in [-0.2, -0.15) is 0 Å². The Hall–Kier alpha value is -1.44. The van der Waals surface area contributed by atoms with Crippen molar-refractivity contribution in [1.82, 2.24) is 0 Å². The van der Waals surface area contributed by atoms with Gasteiger partial charge in [-0.3, -0.25) is 0 Å². The van der Waals surface area contributed by atoms with E-state index in [0.29, 0.717) is 12.0 Å². The standard InChI is InChI=1S/C16H18IO5/c1-10-13(9-18)15(8-14(10)17-22-11(2)19)21-16(20)12-6-4-3-5-7-12/h3-7,9-10,13-15H,8H2,1-2H3/q-1/t10?,13-,14?,15?/m1/s1. The van der Waals surface area contributed by atoms with Gasteiger partial charge in [-0.15, -0.1) is 0 Å². The first-order valence-corrected chi connectivity index (χ1v) is 9.17. The molecular formula is C16H18IO5-. The second kappa shape index (κ2) is 7.71. The molecule has 0 amide bonds. The van der Waals surface area contributed by atoms with Gasteiger partial charge in [0.05, 0.1) is 0 Å². The Bertz CT molecular complexity index is 545. The molecule has 0 spiro atoms. The summed E-state index contributed by atoms with van der Waals surface area (Å²) < 4.78 is 10.8. The van der Waals surface area contributed by atoms with E-state index in [4.69, 9.17) is 7.80 Å². The number of carbonyl (C=O) groups is 3. The van der Waals surface area contributed by atoms with Crippen molar-refractivity contribution in [3.63, 3.8) is 0 Å². The Morgan fingerprint density at radius 1 is 1.27 bits per heavy atom. The summed E-state index contributed by atoms with van der Waals surface area (Å²) in [5.41, 5.74) is 0.470. The van der Waals surface area contributed by atoms with Crippen molar-refractivity contribution in [2.45, 2.75) is 30.3 Å². The van der Waals surface area contributed by atoms with Crippen LogP contribution in [0.3, 0.4) is 0 Å². The van der Waals surface area contributed by atoms with Crippen molar-refractivity contribution in [2.75, 3.05) is 0 Å². The first-order chi connectivity index (χ1) is 10.5. The van der Waals surface area contributed by atoms with Gasteiger partial charge in [-0.1, -0.05) is 0 Å². The molecule has 1 aromatic carbocycles. The van der Waals surface area contributed by atoms with Gasteiger partial charge in [0.25, 0.3) is 0 Å². The fourth-order valence-corrected chi connectivity index (χ4v) is 4.86. The monoisotopic (exact) mass is 417 g/mol. The van der Waals surface area contributed by atoms with Crippen LogP contribution in [-0.2, 0) is 17.4 Å². The van der Waals surface area contributed by atoms with Crippen molar-refractivity contribution < 1.29 is 43.8 Å². The molecular weight excluding hydrogens is 399 g/mol. The average molecular weight is 417 g/mol. The molecule has 0 aromatic heterocycles. The van der Waals surface area contributed by atoms with Gasteiger partial charge in [-0.05, 0) is 0 Å². The van der Waals surface area contributed by atoms with Crippen LogP contribution in [-0.4, -0.2) is 28.3 Å². The SMILES string of the molecule is CC(=O)O[I-]C1CC(OC(=O)c2ccccc2)[C@H](C=O)C1C. The topological polar surface area (TPSA) is 69.7 Å². The number of rotatable bonds is 5. The molecule has 0 radical (unpaired) electrons. The molecule has 120 valence electrons. The summed E-state index contributed by atoms with van der Waals surface area (Å²) in [6, 6.07) is 8.71. The average Bonchev–Trinajstić information content (AvgIpc) is 2.81. The van der Waals surface area contributed by atoms with E-state index in [1.165, 1.54) is 6.92 Å². The van der Waals surface area contributed by atoms with E-state index in [2.05, 4.69) is 0 Å². The van der Waals surface area contributed by atoms with Crippen molar-refractivity contribution >= 4 is 18.2 Å². The molecule has 1 aliphatic carbocycles. The Kier molecular flexibility index (Phi) is 5.93. The maximum absolute atomic E-state index is 12.1. The number of hydrogen-bond acceptors (Lipinski definition) is 5. The van der Waals surface area contributed by atoms with Crippen molar-refractivity contribution in [2.24, 2.45) is 11.8 Å². The predicted octanol–water partition coefficient (Wildman–Crippen LogP) is -0.997. The number of ether oxygens (including phenoxy) is 1. The molecule has 0 heterocycles. The molecule has 1 aromatic rings. The molecule has 1 fully saturated rings. The first-order valence-electron chi connectivity index (χ1n) is 7.05. The zero-order valence-electron chi connectivity index (χ0n) is 12.4. The molecule has 0 aliphatic heterocycles. The molecule has 0 N–H and O–H groups in total. The van der Waals surface area contributed by atoms with Gasteiger partial charge in [0.2, 0.25) is 0 Å². The van der Waals surface area contributed by atoms with E-state index in [0.717, 1.165) is 6.29 Å². The summed E-state index contributed by atoms with van der Waals surface area (Å²) >= 11 is -0.801. The third-order valence-corrected chi connectivity index (χ3v) is 6.93. The van der Waals surface area contributed by atoms with E-state index in [9.17, 15) is 14.4 Å². The summed E-state index contributed by atoms with van der Waals surface area (Å²) in [5, 5.41) is 0. The Balaban J connectivity index is 2.02. The molecule has 6 heteroatoms. The summed E-state index contributed by atoms with van der Waals surface area (Å²) in [6.07, 6.45) is 0.981. The second-order valence-corrected chi connectivity index (χ2v) is 7.84. The Morgan fingerprint density at radius 3 is 2.55 bits per heavy atom. The van der Waals surface area contributed by atoms with Crippen LogP contribution < -0.4 is 21.6 Å². The van der Waals surface area contributed by atoms with Crippen molar-refractivity contribution in [3.05, 3.63) is 35.9 Å². The molecule has 1 aliphatic rings. The van der Waals surface area contributed by atoms with Crippen LogP contribution in [0.4, 0.5) is 0 Å². The third-order valence-electron chi connectivity index (χ3n) is 3.76. The van der Waals surface area contributed by atoms with E-state index in [1.807, 2.05) is 13.0 Å². The number of benzene rings is 1. The van der Waals surface area contributed by atoms with Crippen LogP contribution >= 0.6 is 0 Å². The van der Waals surface area contributed by atoms with Crippen molar-refractivity contribution in [1.29, 1.82) is 0 Å². The summed E-state index contributed by atoms with van der Waals surface area (Å²) in [7, 11) is 0. The summed E-state index contributed by atoms with van der Waals surface area (Å²) in [4.78, 5) is 34.4. The van der Waals surface area contributed by atoms with E-state index >= 15 is 0 Å². The number of hydrogen-bond donors (Lipinski definition) is 0. The second-order valence-electron chi connectivity index (χ2n) is 5.29. The molecule has 4 atom stereocenters. The molecule has 0 saturated heterocycles. The predicted molar refractivity (Wildman–Crippen MR) is 74.5 cm³/mol. The summed E-state index contributed by atoms with van der Waals surface area (Å²) in [5.74, 6) is -1.01. The van der Waals surface area contributed by atoms with Gasteiger partial charge in [0, 0.05) is 0 Å². The van der Waals surface area contributed by atoms with Crippen LogP contribution in [0.5, 0.6) is 0 Å². The third kappa shape index (κ3) is 4.06. The molecule has 22 heavy (non-hydrogen) atoms. The maximum atomic E-state index is 12.1. The zero-order valence-corrected chi connectivity index (χ0v) is 14.6. The van der Waals surface area contributed by atoms with E-state index in [-0.39, 0.29) is 21.7 Å². The van der Waals surface area contributed by atoms with Gasteiger partial charge in [0.15, 0.2) is 0 Å². The molecule has 0 bridgehead atoms.